The van der Waals surface area contributed by atoms with Gasteiger partial charge in [0.15, 0.2) is 11.6 Å². The Morgan fingerprint density at radius 3 is 2.50 bits per heavy atom. The Labute approximate surface area is 103 Å². The molecule has 88 valence electrons. The minimum absolute atomic E-state index is 0.356. The summed E-state index contributed by atoms with van der Waals surface area (Å²) in [5.74, 6) is 0.984. The lowest BCUT2D eigenvalue weighted by molar-refractivity contribution is 0.436. The summed E-state index contributed by atoms with van der Waals surface area (Å²) in [6, 6.07) is 7.46. The highest BCUT2D eigenvalue weighted by molar-refractivity contribution is 5.85. The highest BCUT2D eigenvalue weighted by atomic mass is 16.5. The number of pyridine rings is 2. The van der Waals surface area contributed by atoms with Crippen molar-refractivity contribution < 1.29 is 4.52 Å². The van der Waals surface area contributed by atoms with E-state index in [9.17, 15) is 0 Å². The number of hydrogen-bond acceptors (Lipinski definition) is 5. The maximum Gasteiger partial charge on any atom is 0.177 e. The first-order valence-corrected chi connectivity index (χ1v) is 5.42. The molecule has 2 N–H and O–H groups in total. The first-order chi connectivity index (χ1) is 8.86. The van der Waals surface area contributed by atoms with Gasteiger partial charge in [0.2, 0.25) is 0 Å². The van der Waals surface area contributed by atoms with Crippen LogP contribution in [0.1, 0.15) is 0 Å². The molecule has 5 heteroatoms. The molecule has 0 spiro atoms. The first-order valence-electron chi connectivity index (χ1n) is 5.42. The standard InChI is InChI=1S/C13H10N4O/c14-13-11(10-2-1-5-16-8-10)12(18-17-13)9-3-6-15-7-4-9/h1-8H,(H2,14,17). The lowest BCUT2D eigenvalue weighted by atomic mass is 10.0. The van der Waals surface area contributed by atoms with Crippen LogP contribution >= 0.6 is 0 Å². The fourth-order valence-electron chi connectivity index (χ4n) is 1.79. The van der Waals surface area contributed by atoms with Crippen LogP contribution in [0, 0.1) is 0 Å². The summed E-state index contributed by atoms with van der Waals surface area (Å²) in [5, 5.41) is 3.82. The molecule has 0 fully saturated rings. The number of rotatable bonds is 2. The van der Waals surface area contributed by atoms with Crippen LogP contribution in [-0.4, -0.2) is 15.1 Å². The Morgan fingerprint density at radius 1 is 0.944 bits per heavy atom. The van der Waals surface area contributed by atoms with E-state index in [2.05, 4.69) is 15.1 Å². The molecule has 3 rings (SSSR count). The van der Waals surface area contributed by atoms with Crippen molar-refractivity contribution in [3.63, 3.8) is 0 Å². The minimum atomic E-state index is 0.356. The summed E-state index contributed by atoms with van der Waals surface area (Å²) in [4.78, 5) is 8.05. The molecule has 0 aliphatic heterocycles. The second kappa shape index (κ2) is 4.29. The van der Waals surface area contributed by atoms with Gasteiger partial charge in [0, 0.05) is 35.9 Å². The van der Waals surface area contributed by atoms with Crippen molar-refractivity contribution in [1.82, 2.24) is 15.1 Å². The average Bonchev–Trinajstić information content (AvgIpc) is 2.83. The number of hydrogen-bond donors (Lipinski definition) is 1. The molecular weight excluding hydrogens is 228 g/mol. The second-order valence-electron chi connectivity index (χ2n) is 3.75. The fourth-order valence-corrected chi connectivity index (χ4v) is 1.79. The van der Waals surface area contributed by atoms with Gasteiger partial charge in [0.05, 0.1) is 5.56 Å². The molecule has 0 atom stereocenters. The molecule has 0 radical (unpaired) electrons. The third-order valence-electron chi connectivity index (χ3n) is 2.61. The first kappa shape index (κ1) is 10.5. The normalized spacial score (nSPS) is 10.4. The van der Waals surface area contributed by atoms with Crippen LogP contribution in [0.2, 0.25) is 0 Å². The maximum atomic E-state index is 5.86. The monoisotopic (exact) mass is 238 g/mol. The summed E-state index contributed by atoms with van der Waals surface area (Å²) in [6.45, 7) is 0. The predicted molar refractivity (Wildman–Crippen MR) is 67.4 cm³/mol. The third kappa shape index (κ3) is 1.71. The van der Waals surface area contributed by atoms with Crippen LogP contribution in [0.5, 0.6) is 0 Å². The minimum Gasteiger partial charge on any atom is -0.380 e. The molecule has 5 nitrogen and oxygen atoms in total. The summed E-state index contributed by atoms with van der Waals surface area (Å²) in [5.41, 5.74) is 8.38. The third-order valence-corrected chi connectivity index (χ3v) is 2.61. The van der Waals surface area contributed by atoms with Crippen molar-refractivity contribution in [1.29, 1.82) is 0 Å². The summed E-state index contributed by atoms with van der Waals surface area (Å²) in [6.07, 6.45) is 6.83. The van der Waals surface area contributed by atoms with Crippen LogP contribution in [0.25, 0.3) is 22.5 Å². The Balaban J connectivity index is 2.19. The van der Waals surface area contributed by atoms with E-state index < -0.39 is 0 Å². The Bertz CT molecular complexity index is 649. The Kier molecular flexibility index (Phi) is 2.49. The number of nitrogen functional groups attached to an aromatic ring is 1. The molecule has 0 aliphatic rings. The van der Waals surface area contributed by atoms with Crippen molar-refractivity contribution in [3.05, 3.63) is 49.1 Å². The molecule has 3 aromatic rings. The number of anilines is 1. The smallest absolute Gasteiger partial charge is 0.177 e. The number of nitrogens with zero attached hydrogens (tertiary/aromatic N) is 3. The Morgan fingerprint density at radius 2 is 1.78 bits per heavy atom. The Hall–Kier alpha value is -2.69. The van der Waals surface area contributed by atoms with Crippen molar-refractivity contribution >= 4 is 5.82 Å². The molecule has 0 saturated carbocycles. The zero-order valence-electron chi connectivity index (χ0n) is 9.45. The van der Waals surface area contributed by atoms with E-state index in [0.29, 0.717) is 11.6 Å². The van der Waals surface area contributed by atoms with Gasteiger partial charge >= 0.3 is 0 Å². The van der Waals surface area contributed by atoms with Crippen molar-refractivity contribution in [2.45, 2.75) is 0 Å². The molecule has 3 heterocycles. The van der Waals surface area contributed by atoms with Crippen molar-refractivity contribution in [2.24, 2.45) is 0 Å². The summed E-state index contributed by atoms with van der Waals surface area (Å²) < 4.78 is 5.31. The second-order valence-corrected chi connectivity index (χ2v) is 3.75. The van der Waals surface area contributed by atoms with Gasteiger partial charge in [0.25, 0.3) is 0 Å². The van der Waals surface area contributed by atoms with Crippen molar-refractivity contribution in [2.75, 3.05) is 5.73 Å². The lowest BCUT2D eigenvalue weighted by Gasteiger charge is -2.01. The van der Waals surface area contributed by atoms with Crippen LogP contribution < -0.4 is 5.73 Å². The molecule has 0 amide bonds. The lowest BCUT2D eigenvalue weighted by Crippen LogP contribution is -1.89. The van der Waals surface area contributed by atoms with Gasteiger partial charge in [-0.25, -0.2) is 0 Å². The van der Waals surface area contributed by atoms with E-state index >= 15 is 0 Å². The van der Waals surface area contributed by atoms with Crippen molar-refractivity contribution in [3.8, 4) is 22.5 Å². The number of nitrogens with two attached hydrogens (primary N) is 1. The quantitative estimate of drug-likeness (QED) is 0.741. The van der Waals surface area contributed by atoms with E-state index in [1.807, 2.05) is 24.3 Å². The van der Waals surface area contributed by atoms with Gasteiger partial charge in [0.1, 0.15) is 0 Å². The van der Waals surface area contributed by atoms with Gasteiger partial charge < -0.3 is 10.3 Å². The molecule has 18 heavy (non-hydrogen) atoms. The van der Waals surface area contributed by atoms with Gasteiger partial charge in [-0.15, -0.1) is 0 Å². The highest BCUT2D eigenvalue weighted by Crippen LogP contribution is 2.35. The molecule has 0 aromatic carbocycles. The molecule has 3 aromatic heterocycles. The maximum absolute atomic E-state index is 5.86. The number of aromatic nitrogens is 3. The van der Waals surface area contributed by atoms with Crippen LogP contribution in [0.15, 0.2) is 53.6 Å². The predicted octanol–water partition coefficient (Wildman–Crippen LogP) is 2.38. The zero-order chi connectivity index (χ0) is 12.4. The summed E-state index contributed by atoms with van der Waals surface area (Å²) >= 11 is 0. The average molecular weight is 238 g/mol. The van der Waals surface area contributed by atoms with E-state index in [0.717, 1.165) is 16.7 Å². The van der Waals surface area contributed by atoms with E-state index in [4.69, 9.17) is 10.3 Å². The van der Waals surface area contributed by atoms with Gasteiger partial charge in [-0.05, 0) is 18.2 Å². The van der Waals surface area contributed by atoms with E-state index in [-0.39, 0.29) is 0 Å². The molecule has 0 bridgehead atoms. The topological polar surface area (TPSA) is 77.8 Å². The van der Waals surface area contributed by atoms with Crippen LogP contribution in [0.4, 0.5) is 5.82 Å². The van der Waals surface area contributed by atoms with Crippen LogP contribution in [-0.2, 0) is 0 Å². The fraction of sp³-hybridized carbons (Fsp3) is 0. The summed E-state index contributed by atoms with van der Waals surface area (Å²) in [7, 11) is 0. The van der Waals surface area contributed by atoms with E-state index in [1.54, 1.807) is 24.8 Å². The van der Waals surface area contributed by atoms with Gasteiger partial charge in [-0.1, -0.05) is 11.2 Å². The molecule has 0 aliphatic carbocycles. The largest absolute Gasteiger partial charge is 0.380 e. The molecule has 0 unspecified atom stereocenters. The van der Waals surface area contributed by atoms with E-state index in [1.165, 1.54) is 0 Å². The van der Waals surface area contributed by atoms with Gasteiger partial charge in [-0.3, -0.25) is 9.97 Å². The SMILES string of the molecule is Nc1noc(-c2ccncc2)c1-c1cccnc1. The van der Waals surface area contributed by atoms with Gasteiger partial charge in [-0.2, -0.15) is 0 Å². The molecule has 0 saturated heterocycles. The molecular formula is C13H10N4O. The highest BCUT2D eigenvalue weighted by Gasteiger charge is 2.17. The van der Waals surface area contributed by atoms with Crippen LogP contribution in [0.3, 0.4) is 0 Å². The zero-order valence-corrected chi connectivity index (χ0v) is 9.45.